The normalized spacial score (nSPS) is 14.2. The Morgan fingerprint density at radius 1 is 1.19 bits per heavy atom. The Morgan fingerprint density at radius 2 is 2.04 bits per heavy atom. The molecule has 136 valence electrons. The fourth-order valence-electron chi connectivity index (χ4n) is 3.21. The highest BCUT2D eigenvalue weighted by Crippen LogP contribution is 2.28. The molecule has 0 atom stereocenters. The van der Waals surface area contributed by atoms with Crippen LogP contribution in [0, 0.1) is 6.92 Å². The van der Waals surface area contributed by atoms with E-state index in [0.29, 0.717) is 12.1 Å². The van der Waals surface area contributed by atoms with Crippen molar-refractivity contribution in [1.29, 1.82) is 0 Å². The lowest BCUT2D eigenvalue weighted by Gasteiger charge is -2.28. The second-order valence-corrected chi connectivity index (χ2v) is 6.58. The van der Waals surface area contributed by atoms with Crippen LogP contribution in [0.25, 0.3) is 0 Å². The van der Waals surface area contributed by atoms with Crippen molar-refractivity contribution in [3.63, 3.8) is 0 Å². The summed E-state index contributed by atoms with van der Waals surface area (Å²) in [6, 6.07) is 13.2. The Morgan fingerprint density at radius 3 is 2.81 bits per heavy atom. The summed E-state index contributed by atoms with van der Waals surface area (Å²) in [5.41, 5.74) is 3.51. The molecular formula is C21H24N2O3. The topological polar surface area (TPSA) is 58.6 Å². The second-order valence-electron chi connectivity index (χ2n) is 6.58. The van der Waals surface area contributed by atoms with Crippen LogP contribution in [0.3, 0.4) is 0 Å². The van der Waals surface area contributed by atoms with Crippen molar-refractivity contribution in [2.45, 2.75) is 32.6 Å². The number of methoxy groups -OCH3 is 1. The molecular weight excluding hydrogens is 328 g/mol. The number of hydrogen-bond donors (Lipinski definition) is 1. The summed E-state index contributed by atoms with van der Waals surface area (Å²) >= 11 is 0. The van der Waals surface area contributed by atoms with Crippen LogP contribution in [0.15, 0.2) is 42.5 Å². The number of rotatable bonds is 5. The molecule has 1 N–H and O–H groups in total. The molecule has 0 unspecified atom stereocenters. The first kappa shape index (κ1) is 18.0. The number of carbonyl (C=O) groups excluding carboxylic acids is 2. The van der Waals surface area contributed by atoms with Gasteiger partial charge in [-0.3, -0.25) is 9.59 Å². The zero-order valence-corrected chi connectivity index (χ0v) is 15.2. The van der Waals surface area contributed by atoms with E-state index in [4.69, 9.17) is 4.74 Å². The summed E-state index contributed by atoms with van der Waals surface area (Å²) in [6.07, 6.45) is 2.82. The summed E-state index contributed by atoms with van der Waals surface area (Å²) in [5.74, 6) is 0.786. The molecule has 2 aromatic rings. The SMILES string of the molecule is COc1cccc(CC(=O)Nc2ccc(C)c(N3CCCCC3=O)c2)c1. The highest BCUT2D eigenvalue weighted by atomic mass is 16.5. The quantitative estimate of drug-likeness (QED) is 0.892. The van der Waals surface area contributed by atoms with Gasteiger partial charge in [-0.2, -0.15) is 0 Å². The molecule has 0 spiro atoms. The predicted molar refractivity (Wildman–Crippen MR) is 103 cm³/mol. The number of nitrogens with one attached hydrogen (secondary N) is 1. The number of ether oxygens (including phenoxy) is 1. The zero-order valence-electron chi connectivity index (χ0n) is 15.2. The lowest BCUT2D eigenvalue weighted by Crippen LogP contribution is -2.35. The maximum atomic E-state index is 12.4. The van der Waals surface area contributed by atoms with Gasteiger partial charge in [0.05, 0.1) is 13.5 Å². The van der Waals surface area contributed by atoms with Crippen LogP contribution in [0.4, 0.5) is 11.4 Å². The third-order valence-electron chi connectivity index (χ3n) is 4.61. The number of carbonyl (C=O) groups is 2. The fraction of sp³-hybridized carbons (Fsp3) is 0.333. The third kappa shape index (κ3) is 4.23. The first-order valence-electron chi connectivity index (χ1n) is 8.90. The monoisotopic (exact) mass is 352 g/mol. The average molecular weight is 352 g/mol. The van der Waals surface area contributed by atoms with Gasteiger partial charge in [0.15, 0.2) is 0 Å². The van der Waals surface area contributed by atoms with Crippen LogP contribution in [0.1, 0.15) is 30.4 Å². The lowest BCUT2D eigenvalue weighted by molar-refractivity contribution is -0.119. The number of hydrogen-bond acceptors (Lipinski definition) is 3. The van der Waals surface area contributed by atoms with E-state index in [2.05, 4.69) is 5.32 Å². The summed E-state index contributed by atoms with van der Waals surface area (Å²) < 4.78 is 5.19. The molecule has 1 aliphatic rings. The minimum atomic E-state index is -0.0990. The van der Waals surface area contributed by atoms with E-state index >= 15 is 0 Å². The summed E-state index contributed by atoms with van der Waals surface area (Å²) in [5, 5.41) is 2.93. The van der Waals surface area contributed by atoms with Crippen molar-refractivity contribution >= 4 is 23.2 Å². The molecule has 5 heteroatoms. The van der Waals surface area contributed by atoms with Gasteiger partial charge in [-0.15, -0.1) is 0 Å². The Labute approximate surface area is 154 Å². The summed E-state index contributed by atoms with van der Waals surface area (Å²) in [6.45, 7) is 2.72. The fourth-order valence-corrected chi connectivity index (χ4v) is 3.21. The Kier molecular flexibility index (Phi) is 5.56. The molecule has 0 radical (unpaired) electrons. The van der Waals surface area contributed by atoms with Crippen LogP contribution in [-0.4, -0.2) is 25.5 Å². The Hall–Kier alpha value is -2.82. The van der Waals surface area contributed by atoms with E-state index < -0.39 is 0 Å². The van der Waals surface area contributed by atoms with Gasteiger partial charge in [0.1, 0.15) is 5.75 Å². The van der Waals surface area contributed by atoms with Gasteiger partial charge in [0, 0.05) is 24.3 Å². The van der Waals surface area contributed by atoms with Gasteiger partial charge in [0.25, 0.3) is 0 Å². The van der Waals surface area contributed by atoms with Crippen molar-refractivity contribution < 1.29 is 14.3 Å². The van der Waals surface area contributed by atoms with E-state index in [9.17, 15) is 9.59 Å². The molecule has 1 fully saturated rings. The summed E-state index contributed by atoms with van der Waals surface area (Å²) in [4.78, 5) is 26.4. The van der Waals surface area contributed by atoms with E-state index in [1.165, 1.54) is 0 Å². The smallest absolute Gasteiger partial charge is 0.228 e. The van der Waals surface area contributed by atoms with Crippen LogP contribution in [-0.2, 0) is 16.0 Å². The molecule has 1 heterocycles. The van der Waals surface area contributed by atoms with Crippen LogP contribution >= 0.6 is 0 Å². The largest absolute Gasteiger partial charge is 0.497 e. The minimum Gasteiger partial charge on any atom is -0.497 e. The van der Waals surface area contributed by atoms with E-state index in [-0.39, 0.29) is 18.2 Å². The van der Waals surface area contributed by atoms with Crippen molar-refractivity contribution in [2.75, 3.05) is 23.9 Å². The number of benzene rings is 2. The van der Waals surface area contributed by atoms with Gasteiger partial charge in [-0.25, -0.2) is 0 Å². The van der Waals surface area contributed by atoms with E-state index in [0.717, 1.165) is 42.0 Å². The predicted octanol–water partition coefficient (Wildman–Crippen LogP) is 3.70. The Bertz CT molecular complexity index is 817. The van der Waals surface area contributed by atoms with Crippen molar-refractivity contribution in [2.24, 2.45) is 0 Å². The molecule has 0 aromatic heterocycles. The zero-order chi connectivity index (χ0) is 18.5. The van der Waals surface area contributed by atoms with Gasteiger partial charge < -0.3 is 15.0 Å². The van der Waals surface area contributed by atoms with Gasteiger partial charge in [-0.05, 0) is 55.2 Å². The first-order valence-corrected chi connectivity index (χ1v) is 8.90. The van der Waals surface area contributed by atoms with E-state index in [1.54, 1.807) is 7.11 Å². The van der Waals surface area contributed by atoms with Crippen LogP contribution in [0.5, 0.6) is 5.75 Å². The molecule has 0 saturated carbocycles. The second kappa shape index (κ2) is 8.04. The molecule has 5 nitrogen and oxygen atoms in total. The third-order valence-corrected chi connectivity index (χ3v) is 4.61. The average Bonchev–Trinajstić information content (AvgIpc) is 2.64. The minimum absolute atomic E-state index is 0.0990. The highest BCUT2D eigenvalue weighted by Gasteiger charge is 2.21. The van der Waals surface area contributed by atoms with Crippen molar-refractivity contribution in [3.05, 3.63) is 53.6 Å². The number of aryl methyl sites for hydroxylation is 1. The Balaban J connectivity index is 1.72. The molecule has 2 amide bonds. The van der Waals surface area contributed by atoms with Gasteiger partial charge in [0.2, 0.25) is 11.8 Å². The van der Waals surface area contributed by atoms with Crippen LogP contribution in [0.2, 0.25) is 0 Å². The molecule has 0 bridgehead atoms. The first-order chi connectivity index (χ1) is 12.6. The number of anilines is 2. The maximum absolute atomic E-state index is 12.4. The molecule has 1 saturated heterocycles. The van der Waals surface area contributed by atoms with Gasteiger partial charge >= 0.3 is 0 Å². The highest BCUT2D eigenvalue weighted by molar-refractivity contribution is 5.97. The van der Waals surface area contributed by atoms with E-state index in [1.807, 2.05) is 54.3 Å². The number of amides is 2. The van der Waals surface area contributed by atoms with Crippen LogP contribution < -0.4 is 15.0 Å². The molecule has 2 aromatic carbocycles. The molecule has 1 aliphatic heterocycles. The molecule has 3 rings (SSSR count). The molecule has 26 heavy (non-hydrogen) atoms. The summed E-state index contributed by atoms with van der Waals surface area (Å²) in [7, 11) is 1.61. The molecule has 0 aliphatic carbocycles. The number of piperidine rings is 1. The van der Waals surface area contributed by atoms with Gasteiger partial charge in [-0.1, -0.05) is 18.2 Å². The lowest BCUT2D eigenvalue weighted by atomic mass is 10.1. The van der Waals surface area contributed by atoms with Crippen molar-refractivity contribution in [3.8, 4) is 5.75 Å². The number of nitrogens with zero attached hydrogens (tertiary/aromatic N) is 1. The maximum Gasteiger partial charge on any atom is 0.228 e. The standard InChI is InChI=1S/C21H24N2O3/c1-15-9-10-17(14-19(15)23-11-4-3-8-21(23)25)22-20(24)13-16-6-5-7-18(12-16)26-2/h5-7,9-10,12,14H,3-4,8,11,13H2,1-2H3,(H,22,24). The van der Waals surface area contributed by atoms with Crippen molar-refractivity contribution in [1.82, 2.24) is 0 Å².